The van der Waals surface area contributed by atoms with E-state index in [1.54, 1.807) is 12.1 Å². The molecule has 0 saturated carbocycles. The molecule has 0 aliphatic carbocycles. The first-order valence-corrected chi connectivity index (χ1v) is 6.73. The summed E-state index contributed by atoms with van der Waals surface area (Å²) in [7, 11) is 2.91. The maximum Gasteiger partial charge on any atom is 0.342 e. The van der Waals surface area contributed by atoms with E-state index < -0.39 is 24.2 Å². The van der Waals surface area contributed by atoms with Gasteiger partial charge < -0.3 is 14.2 Å². The van der Waals surface area contributed by atoms with Gasteiger partial charge >= 0.3 is 5.97 Å². The molecule has 2 rings (SSSR count). The number of ether oxygens (including phenoxy) is 3. The molecule has 23 heavy (non-hydrogen) atoms. The minimum absolute atomic E-state index is 0.181. The van der Waals surface area contributed by atoms with E-state index in [1.807, 2.05) is 0 Å². The third-order valence-corrected chi connectivity index (χ3v) is 3.13. The maximum atomic E-state index is 12.8. The number of benzene rings is 2. The van der Waals surface area contributed by atoms with Crippen LogP contribution in [-0.2, 0) is 4.74 Å². The minimum atomic E-state index is -0.694. The van der Waals surface area contributed by atoms with Crippen LogP contribution in [0.4, 0.5) is 4.39 Å². The summed E-state index contributed by atoms with van der Waals surface area (Å²) in [4.78, 5) is 24.0. The fraction of sp³-hybridized carbons (Fsp3) is 0.176. The highest BCUT2D eigenvalue weighted by Gasteiger charge is 2.16. The lowest BCUT2D eigenvalue weighted by atomic mass is 10.1. The summed E-state index contributed by atoms with van der Waals surface area (Å²) in [5.41, 5.74) is 0.445. The SMILES string of the molecule is COc1ccc(C(=O)OCC(=O)c2ccc(F)cc2)c(OC)c1. The predicted molar refractivity (Wildman–Crippen MR) is 80.6 cm³/mol. The third-order valence-electron chi connectivity index (χ3n) is 3.13. The maximum absolute atomic E-state index is 12.8. The van der Waals surface area contributed by atoms with Gasteiger partial charge in [-0.2, -0.15) is 0 Å². The second kappa shape index (κ2) is 7.40. The van der Waals surface area contributed by atoms with E-state index in [1.165, 1.54) is 44.6 Å². The topological polar surface area (TPSA) is 61.8 Å². The van der Waals surface area contributed by atoms with Crippen LogP contribution in [0.15, 0.2) is 42.5 Å². The molecule has 0 fully saturated rings. The Morgan fingerprint density at radius 2 is 1.70 bits per heavy atom. The quantitative estimate of drug-likeness (QED) is 0.605. The number of Topliss-reactive ketones (excluding diaryl/α,β-unsaturated/α-hetero) is 1. The summed E-state index contributed by atoms with van der Waals surface area (Å²) in [6.45, 7) is -0.445. The Balaban J connectivity index is 2.04. The summed E-state index contributed by atoms with van der Waals surface area (Å²) in [5.74, 6) is -0.753. The van der Waals surface area contributed by atoms with E-state index in [0.717, 1.165) is 0 Å². The van der Waals surface area contributed by atoms with Gasteiger partial charge in [-0.05, 0) is 36.4 Å². The highest BCUT2D eigenvalue weighted by molar-refractivity contribution is 6.00. The Hall–Kier alpha value is -2.89. The summed E-state index contributed by atoms with van der Waals surface area (Å²) in [5, 5.41) is 0. The fourth-order valence-corrected chi connectivity index (χ4v) is 1.90. The fourth-order valence-electron chi connectivity index (χ4n) is 1.90. The van der Waals surface area contributed by atoms with Crippen molar-refractivity contribution >= 4 is 11.8 Å². The average Bonchev–Trinajstić information content (AvgIpc) is 2.59. The van der Waals surface area contributed by atoms with Gasteiger partial charge in [0.05, 0.1) is 14.2 Å². The monoisotopic (exact) mass is 318 g/mol. The van der Waals surface area contributed by atoms with Gasteiger partial charge in [-0.15, -0.1) is 0 Å². The smallest absolute Gasteiger partial charge is 0.342 e. The van der Waals surface area contributed by atoms with E-state index >= 15 is 0 Å². The van der Waals surface area contributed by atoms with Crippen LogP contribution in [-0.4, -0.2) is 32.6 Å². The zero-order valence-corrected chi connectivity index (χ0v) is 12.7. The molecular formula is C17H15FO5. The Kier molecular flexibility index (Phi) is 5.30. The molecule has 0 aromatic heterocycles. The number of carbonyl (C=O) groups is 2. The lowest BCUT2D eigenvalue weighted by Gasteiger charge is -2.10. The van der Waals surface area contributed by atoms with Gasteiger partial charge in [-0.3, -0.25) is 4.79 Å². The Morgan fingerprint density at radius 3 is 2.30 bits per heavy atom. The molecule has 0 amide bonds. The zero-order valence-electron chi connectivity index (χ0n) is 12.7. The standard InChI is InChI=1S/C17H15FO5/c1-21-13-7-8-14(16(9-13)22-2)17(20)23-10-15(19)11-3-5-12(18)6-4-11/h3-9H,10H2,1-2H3. The lowest BCUT2D eigenvalue weighted by molar-refractivity contribution is 0.0471. The van der Waals surface area contributed by atoms with Crippen LogP contribution in [0.3, 0.4) is 0 Å². The van der Waals surface area contributed by atoms with Gasteiger partial charge in [0.25, 0.3) is 0 Å². The number of rotatable bonds is 6. The molecule has 0 heterocycles. The minimum Gasteiger partial charge on any atom is -0.497 e. The molecule has 2 aromatic rings. The first-order chi connectivity index (χ1) is 11.0. The average molecular weight is 318 g/mol. The van der Waals surface area contributed by atoms with Crippen molar-refractivity contribution in [2.75, 3.05) is 20.8 Å². The molecule has 120 valence electrons. The third kappa shape index (κ3) is 4.06. The number of hydrogen-bond acceptors (Lipinski definition) is 5. The molecule has 6 heteroatoms. The van der Waals surface area contributed by atoms with Crippen molar-refractivity contribution in [2.24, 2.45) is 0 Å². The van der Waals surface area contributed by atoms with Crippen molar-refractivity contribution in [3.63, 3.8) is 0 Å². The van der Waals surface area contributed by atoms with Crippen molar-refractivity contribution < 1.29 is 28.2 Å². The number of carbonyl (C=O) groups excluding carboxylic acids is 2. The molecule has 0 atom stereocenters. The molecule has 0 unspecified atom stereocenters. The summed E-state index contributed by atoms with van der Waals surface area (Å²) in [6, 6.07) is 9.61. The number of hydrogen-bond donors (Lipinski definition) is 0. The van der Waals surface area contributed by atoms with E-state index in [-0.39, 0.29) is 16.9 Å². The largest absolute Gasteiger partial charge is 0.497 e. The molecular weight excluding hydrogens is 303 g/mol. The number of halogens is 1. The summed E-state index contributed by atoms with van der Waals surface area (Å²) in [6.07, 6.45) is 0. The number of esters is 1. The van der Waals surface area contributed by atoms with Gasteiger partial charge in [0.1, 0.15) is 22.9 Å². The van der Waals surface area contributed by atoms with Crippen molar-refractivity contribution in [2.45, 2.75) is 0 Å². The number of ketones is 1. The highest BCUT2D eigenvalue weighted by Crippen LogP contribution is 2.25. The normalized spacial score (nSPS) is 10.0. The van der Waals surface area contributed by atoms with Crippen LogP contribution in [0.5, 0.6) is 11.5 Å². The Labute approximate surface area is 132 Å². The van der Waals surface area contributed by atoms with Crippen molar-refractivity contribution in [1.29, 1.82) is 0 Å². The van der Waals surface area contributed by atoms with Crippen LogP contribution >= 0.6 is 0 Å². The second-order valence-electron chi connectivity index (χ2n) is 4.57. The van der Waals surface area contributed by atoms with Crippen LogP contribution < -0.4 is 9.47 Å². The van der Waals surface area contributed by atoms with E-state index in [4.69, 9.17) is 14.2 Å². The molecule has 0 N–H and O–H groups in total. The molecule has 0 bridgehead atoms. The Morgan fingerprint density at radius 1 is 1.00 bits per heavy atom. The molecule has 2 aromatic carbocycles. The van der Waals surface area contributed by atoms with Crippen molar-refractivity contribution in [3.05, 3.63) is 59.4 Å². The van der Waals surface area contributed by atoms with Gasteiger partial charge in [-0.25, -0.2) is 9.18 Å². The summed E-state index contributed by atoms with van der Waals surface area (Å²) < 4.78 is 27.9. The Bertz CT molecular complexity index is 709. The van der Waals surface area contributed by atoms with E-state index in [9.17, 15) is 14.0 Å². The van der Waals surface area contributed by atoms with Crippen molar-refractivity contribution in [3.8, 4) is 11.5 Å². The van der Waals surface area contributed by atoms with Gasteiger partial charge in [-0.1, -0.05) is 0 Å². The zero-order chi connectivity index (χ0) is 16.8. The lowest BCUT2D eigenvalue weighted by Crippen LogP contribution is -2.15. The second-order valence-corrected chi connectivity index (χ2v) is 4.57. The summed E-state index contributed by atoms with van der Waals surface area (Å²) >= 11 is 0. The number of methoxy groups -OCH3 is 2. The molecule has 0 aliphatic heterocycles. The molecule has 0 aliphatic rings. The van der Waals surface area contributed by atoms with Crippen LogP contribution in [0, 0.1) is 5.82 Å². The van der Waals surface area contributed by atoms with Crippen LogP contribution in [0.25, 0.3) is 0 Å². The molecule has 0 radical (unpaired) electrons. The predicted octanol–water partition coefficient (Wildman–Crippen LogP) is 2.88. The van der Waals surface area contributed by atoms with E-state index in [2.05, 4.69) is 0 Å². The highest BCUT2D eigenvalue weighted by atomic mass is 19.1. The van der Waals surface area contributed by atoms with Gasteiger partial charge in [0, 0.05) is 11.6 Å². The van der Waals surface area contributed by atoms with E-state index in [0.29, 0.717) is 5.75 Å². The van der Waals surface area contributed by atoms with Crippen LogP contribution in [0.1, 0.15) is 20.7 Å². The first-order valence-electron chi connectivity index (χ1n) is 6.73. The van der Waals surface area contributed by atoms with Gasteiger partial charge in [0.15, 0.2) is 12.4 Å². The molecule has 5 nitrogen and oxygen atoms in total. The van der Waals surface area contributed by atoms with Crippen molar-refractivity contribution in [1.82, 2.24) is 0 Å². The van der Waals surface area contributed by atoms with Crippen LogP contribution in [0.2, 0.25) is 0 Å². The first kappa shape index (κ1) is 16.5. The molecule has 0 spiro atoms. The van der Waals surface area contributed by atoms with Gasteiger partial charge in [0.2, 0.25) is 0 Å². The molecule has 0 saturated heterocycles.